The van der Waals surface area contributed by atoms with Crippen LogP contribution in [0.1, 0.15) is 18.4 Å². The average Bonchev–Trinajstić information content (AvgIpc) is 2.42. The Bertz CT molecular complexity index is 551. The van der Waals surface area contributed by atoms with Crippen LogP contribution in [0.3, 0.4) is 0 Å². The highest BCUT2D eigenvalue weighted by Gasteiger charge is 1.98. The topological polar surface area (TPSA) is 49.3 Å². The van der Waals surface area contributed by atoms with Gasteiger partial charge in [-0.15, -0.1) is 0 Å². The summed E-state index contributed by atoms with van der Waals surface area (Å²) in [7, 11) is 0. The fraction of sp³-hybridized carbons (Fsp3) is 0.312. The Balaban J connectivity index is 1.77. The normalized spacial score (nSPS) is 10.7. The smallest absolute Gasteiger partial charge is 0.303 e. The van der Waals surface area contributed by atoms with E-state index in [1.807, 2.05) is 6.07 Å². The lowest BCUT2D eigenvalue weighted by molar-refractivity contribution is -0.137. The number of carbonyl (C=O) groups is 1. The predicted octanol–water partition coefficient (Wildman–Crippen LogP) is 2.84. The monoisotopic (exact) mass is 257 g/mol. The molecule has 100 valence electrons. The number of hydrogen-bond donors (Lipinski definition) is 2. The van der Waals surface area contributed by atoms with Gasteiger partial charge in [0.1, 0.15) is 0 Å². The summed E-state index contributed by atoms with van der Waals surface area (Å²) in [5, 5.41) is 14.3. The fourth-order valence-electron chi connectivity index (χ4n) is 2.12. The number of carboxylic acids is 1. The molecule has 3 heteroatoms. The van der Waals surface area contributed by atoms with Gasteiger partial charge in [-0.25, -0.2) is 0 Å². The molecule has 0 heterocycles. The Hall–Kier alpha value is -1.87. The van der Waals surface area contributed by atoms with Gasteiger partial charge in [0, 0.05) is 6.42 Å². The molecule has 0 aromatic heterocycles. The molecule has 0 amide bonds. The van der Waals surface area contributed by atoms with Crippen molar-refractivity contribution in [2.45, 2.75) is 19.3 Å². The Kier molecular flexibility index (Phi) is 4.93. The number of fused-ring (bicyclic) bond motifs is 1. The first-order chi connectivity index (χ1) is 9.25. The van der Waals surface area contributed by atoms with Crippen LogP contribution in [0.25, 0.3) is 10.8 Å². The molecule has 0 bridgehead atoms. The van der Waals surface area contributed by atoms with E-state index in [4.69, 9.17) is 5.11 Å². The van der Waals surface area contributed by atoms with Gasteiger partial charge in [-0.1, -0.05) is 42.5 Å². The summed E-state index contributed by atoms with van der Waals surface area (Å²) >= 11 is 0. The molecular weight excluding hydrogens is 238 g/mol. The van der Waals surface area contributed by atoms with Crippen LogP contribution in [0, 0.1) is 0 Å². The highest BCUT2D eigenvalue weighted by atomic mass is 16.4. The van der Waals surface area contributed by atoms with Gasteiger partial charge < -0.3 is 10.4 Å². The minimum absolute atomic E-state index is 0.239. The number of aliphatic carboxylic acids is 1. The summed E-state index contributed by atoms with van der Waals surface area (Å²) in [4.78, 5) is 10.4. The van der Waals surface area contributed by atoms with Gasteiger partial charge in [0.25, 0.3) is 0 Å². The van der Waals surface area contributed by atoms with Gasteiger partial charge >= 0.3 is 5.97 Å². The first-order valence-electron chi connectivity index (χ1n) is 6.66. The maximum atomic E-state index is 10.4. The molecule has 0 unspecified atom stereocenters. The standard InChI is InChI=1S/C16H19NO2/c18-16(19)6-3-10-17-11-9-13-7-8-14-4-1-2-5-15(14)12-13/h1-2,4-5,7-8,12,17H,3,6,9-11H2,(H,18,19). The van der Waals surface area contributed by atoms with Crippen LogP contribution in [-0.2, 0) is 11.2 Å². The van der Waals surface area contributed by atoms with Crippen molar-refractivity contribution in [1.29, 1.82) is 0 Å². The van der Waals surface area contributed by atoms with Crippen molar-refractivity contribution in [3.63, 3.8) is 0 Å². The fourth-order valence-corrected chi connectivity index (χ4v) is 2.12. The van der Waals surface area contributed by atoms with Gasteiger partial charge in [-0.2, -0.15) is 0 Å². The molecule has 0 radical (unpaired) electrons. The van der Waals surface area contributed by atoms with Crippen LogP contribution in [0.15, 0.2) is 42.5 Å². The van der Waals surface area contributed by atoms with Crippen LogP contribution < -0.4 is 5.32 Å². The van der Waals surface area contributed by atoms with E-state index < -0.39 is 5.97 Å². The van der Waals surface area contributed by atoms with Gasteiger partial charge in [0.15, 0.2) is 0 Å². The minimum Gasteiger partial charge on any atom is -0.481 e. The third-order valence-corrected chi connectivity index (χ3v) is 3.15. The molecule has 2 N–H and O–H groups in total. The minimum atomic E-state index is -0.726. The van der Waals surface area contributed by atoms with Crippen molar-refractivity contribution in [1.82, 2.24) is 5.32 Å². The Labute approximate surface area is 113 Å². The van der Waals surface area contributed by atoms with Crippen molar-refractivity contribution in [2.75, 3.05) is 13.1 Å². The summed E-state index contributed by atoms with van der Waals surface area (Å²) in [5.74, 6) is -0.726. The quantitative estimate of drug-likeness (QED) is 0.750. The summed E-state index contributed by atoms with van der Waals surface area (Å²) in [6, 6.07) is 14.9. The van der Waals surface area contributed by atoms with Gasteiger partial charge in [0.2, 0.25) is 0 Å². The van der Waals surface area contributed by atoms with Crippen molar-refractivity contribution in [3.8, 4) is 0 Å². The molecule has 0 fully saturated rings. The van der Waals surface area contributed by atoms with Gasteiger partial charge in [-0.3, -0.25) is 4.79 Å². The van der Waals surface area contributed by atoms with E-state index in [9.17, 15) is 4.79 Å². The molecule has 0 saturated carbocycles. The van der Waals surface area contributed by atoms with Crippen LogP contribution in [-0.4, -0.2) is 24.2 Å². The summed E-state index contributed by atoms with van der Waals surface area (Å²) in [6.45, 7) is 1.65. The number of benzene rings is 2. The van der Waals surface area contributed by atoms with E-state index in [-0.39, 0.29) is 6.42 Å². The van der Waals surface area contributed by atoms with E-state index in [2.05, 4.69) is 41.7 Å². The third kappa shape index (κ3) is 4.38. The van der Waals surface area contributed by atoms with Gasteiger partial charge in [-0.05, 0) is 42.3 Å². The van der Waals surface area contributed by atoms with Crippen molar-refractivity contribution < 1.29 is 9.90 Å². The molecule has 0 aliphatic rings. The van der Waals surface area contributed by atoms with Crippen LogP contribution >= 0.6 is 0 Å². The average molecular weight is 257 g/mol. The highest BCUT2D eigenvalue weighted by molar-refractivity contribution is 5.82. The Morgan fingerprint density at radius 1 is 1.05 bits per heavy atom. The van der Waals surface area contributed by atoms with Crippen LogP contribution in [0.2, 0.25) is 0 Å². The second kappa shape index (κ2) is 6.90. The molecule has 3 nitrogen and oxygen atoms in total. The summed E-state index contributed by atoms with van der Waals surface area (Å²) in [6.07, 6.45) is 1.90. The van der Waals surface area contributed by atoms with E-state index in [0.717, 1.165) is 19.5 Å². The summed E-state index contributed by atoms with van der Waals surface area (Å²) < 4.78 is 0. The zero-order valence-corrected chi connectivity index (χ0v) is 10.9. The molecule has 2 aromatic rings. The Morgan fingerprint density at radius 2 is 1.84 bits per heavy atom. The second-order valence-corrected chi connectivity index (χ2v) is 4.68. The lowest BCUT2D eigenvalue weighted by Gasteiger charge is -2.05. The molecule has 0 saturated heterocycles. The van der Waals surface area contributed by atoms with Crippen molar-refractivity contribution >= 4 is 16.7 Å². The number of nitrogens with one attached hydrogen (secondary N) is 1. The SMILES string of the molecule is O=C(O)CCCNCCc1ccc2ccccc2c1. The molecule has 0 spiro atoms. The predicted molar refractivity (Wildman–Crippen MR) is 77.4 cm³/mol. The Morgan fingerprint density at radius 3 is 2.63 bits per heavy atom. The first-order valence-corrected chi connectivity index (χ1v) is 6.66. The van der Waals surface area contributed by atoms with E-state index in [1.54, 1.807) is 0 Å². The number of hydrogen-bond acceptors (Lipinski definition) is 2. The zero-order valence-electron chi connectivity index (χ0n) is 10.9. The van der Waals surface area contributed by atoms with Gasteiger partial charge in [0.05, 0.1) is 0 Å². The molecule has 19 heavy (non-hydrogen) atoms. The zero-order chi connectivity index (χ0) is 13.5. The molecule has 2 aromatic carbocycles. The van der Waals surface area contributed by atoms with Crippen molar-refractivity contribution in [3.05, 3.63) is 48.0 Å². The molecule has 0 aliphatic carbocycles. The van der Waals surface area contributed by atoms with Crippen LogP contribution in [0.5, 0.6) is 0 Å². The molecule has 0 atom stereocenters. The van der Waals surface area contributed by atoms with Crippen LogP contribution in [0.4, 0.5) is 0 Å². The molecular formula is C16H19NO2. The lowest BCUT2D eigenvalue weighted by atomic mass is 10.1. The summed E-state index contributed by atoms with van der Waals surface area (Å²) in [5.41, 5.74) is 1.31. The molecule has 0 aliphatic heterocycles. The first kappa shape index (κ1) is 13.6. The molecule has 2 rings (SSSR count). The third-order valence-electron chi connectivity index (χ3n) is 3.15. The van der Waals surface area contributed by atoms with E-state index >= 15 is 0 Å². The van der Waals surface area contributed by atoms with Crippen molar-refractivity contribution in [2.24, 2.45) is 0 Å². The van der Waals surface area contributed by atoms with E-state index in [0.29, 0.717) is 6.42 Å². The highest BCUT2D eigenvalue weighted by Crippen LogP contribution is 2.15. The maximum absolute atomic E-state index is 10.4. The maximum Gasteiger partial charge on any atom is 0.303 e. The second-order valence-electron chi connectivity index (χ2n) is 4.68. The lowest BCUT2D eigenvalue weighted by Crippen LogP contribution is -2.19. The largest absolute Gasteiger partial charge is 0.481 e. The number of carboxylic acid groups (broad SMARTS) is 1. The number of rotatable bonds is 7. The van der Waals surface area contributed by atoms with E-state index in [1.165, 1.54) is 16.3 Å².